The van der Waals surface area contributed by atoms with Gasteiger partial charge in [0.25, 0.3) is 0 Å². The SMILES string of the molecule is CC(=O)OCN1C(=O)C2(CCNCC2)c2cc(C(=O)CCC(=O)c3ccccc3)ccc21. The zero-order chi connectivity index (χ0) is 22.7. The molecule has 0 saturated carbocycles. The molecule has 1 saturated heterocycles. The summed E-state index contributed by atoms with van der Waals surface area (Å²) in [6.07, 6.45) is 1.46. The van der Waals surface area contributed by atoms with E-state index in [1.54, 1.807) is 42.5 Å². The van der Waals surface area contributed by atoms with Gasteiger partial charge in [-0.25, -0.2) is 0 Å². The van der Waals surface area contributed by atoms with Gasteiger partial charge in [-0.1, -0.05) is 30.3 Å². The number of nitrogens with zero attached hydrogens (tertiary/aromatic N) is 1. The molecule has 1 amide bonds. The highest BCUT2D eigenvalue weighted by molar-refractivity contribution is 6.10. The van der Waals surface area contributed by atoms with Crippen LogP contribution in [0.3, 0.4) is 0 Å². The number of esters is 1. The Balaban J connectivity index is 1.57. The molecule has 2 aromatic carbocycles. The number of carbonyl (C=O) groups is 4. The van der Waals surface area contributed by atoms with E-state index < -0.39 is 11.4 Å². The summed E-state index contributed by atoms with van der Waals surface area (Å²) in [4.78, 5) is 51.5. The van der Waals surface area contributed by atoms with Gasteiger partial charge in [-0.2, -0.15) is 0 Å². The number of piperidine rings is 1. The number of nitrogens with one attached hydrogen (secondary N) is 1. The fourth-order valence-corrected chi connectivity index (χ4v) is 4.57. The van der Waals surface area contributed by atoms with E-state index in [-0.39, 0.29) is 37.0 Å². The summed E-state index contributed by atoms with van der Waals surface area (Å²) in [5.74, 6) is -0.760. The Hall–Kier alpha value is -3.32. The molecule has 2 aromatic rings. The lowest BCUT2D eigenvalue weighted by Gasteiger charge is -2.33. The van der Waals surface area contributed by atoms with Crippen LogP contribution >= 0.6 is 0 Å². The lowest BCUT2D eigenvalue weighted by Crippen LogP contribution is -2.47. The maximum atomic E-state index is 13.4. The Bertz CT molecular complexity index is 1060. The van der Waals surface area contributed by atoms with Crippen LogP contribution in [0.2, 0.25) is 0 Å². The topological polar surface area (TPSA) is 92.8 Å². The number of hydrogen-bond donors (Lipinski definition) is 1. The van der Waals surface area contributed by atoms with E-state index in [0.29, 0.717) is 42.7 Å². The molecule has 0 unspecified atom stereocenters. The van der Waals surface area contributed by atoms with E-state index in [0.717, 1.165) is 5.56 Å². The van der Waals surface area contributed by atoms with Gasteiger partial charge in [0.15, 0.2) is 18.3 Å². The zero-order valence-electron chi connectivity index (χ0n) is 18.1. The second-order valence-electron chi connectivity index (χ2n) is 8.27. The molecule has 2 heterocycles. The van der Waals surface area contributed by atoms with Gasteiger partial charge in [0.1, 0.15) is 0 Å². The Labute approximate surface area is 186 Å². The summed E-state index contributed by atoms with van der Waals surface area (Å²) in [7, 11) is 0. The van der Waals surface area contributed by atoms with Crippen molar-refractivity contribution < 1.29 is 23.9 Å². The number of carbonyl (C=O) groups excluding carboxylic acids is 4. The number of ketones is 2. The van der Waals surface area contributed by atoms with Crippen LogP contribution in [-0.2, 0) is 19.7 Å². The molecule has 7 heteroatoms. The molecule has 0 aliphatic carbocycles. The van der Waals surface area contributed by atoms with E-state index >= 15 is 0 Å². The summed E-state index contributed by atoms with van der Waals surface area (Å²) < 4.78 is 5.12. The standard InChI is InChI=1S/C25H26N2O5/c1-17(28)32-16-27-21-8-7-19(15-20(21)25(24(27)31)11-13-26-14-12-25)23(30)10-9-22(29)18-5-3-2-4-6-18/h2-8,15,26H,9-14,16H2,1H3. The molecule has 0 atom stereocenters. The van der Waals surface area contributed by atoms with Crippen LogP contribution in [0.15, 0.2) is 48.5 Å². The third-order valence-corrected chi connectivity index (χ3v) is 6.31. The van der Waals surface area contributed by atoms with Gasteiger partial charge in [0.2, 0.25) is 5.91 Å². The second-order valence-corrected chi connectivity index (χ2v) is 8.27. The first kappa shape index (κ1) is 21.9. The van der Waals surface area contributed by atoms with Crippen LogP contribution in [0.25, 0.3) is 0 Å². The quantitative estimate of drug-likeness (QED) is 0.532. The average Bonchev–Trinajstić information content (AvgIpc) is 3.03. The first-order valence-electron chi connectivity index (χ1n) is 10.8. The van der Waals surface area contributed by atoms with Crippen molar-refractivity contribution >= 4 is 29.1 Å². The third-order valence-electron chi connectivity index (χ3n) is 6.31. The summed E-state index contributed by atoms with van der Waals surface area (Å²) in [6.45, 7) is 2.54. The molecule has 4 rings (SSSR count). The summed E-state index contributed by atoms with van der Waals surface area (Å²) in [5, 5.41) is 3.28. The smallest absolute Gasteiger partial charge is 0.304 e. The van der Waals surface area contributed by atoms with Gasteiger partial charge in [-0.15, -0.1) is 0 Å². The lowest BCUT2D eigenvalue weighted by atomic mass is 9.73. The fraction of sp³-hybridized carbons (Fsp3) is 0.360. The minimum atomic E-state index is -0.725. The number of rotatable bonds is 7. The molecule has 0 aromatic heterocycles. The first-order chi connectivity index (χ1) is 15.4. The maximum absolute atomic E-state index is 13.4. The van der Waals surface area contributed by atoms with Crippen molar-refractivity contribution in [2.75, 3.05) is 24.7 Å². The summed E-state index contributed by atoms with van der Waals surface area (Å²) in [5.41, 5.74) is 1.84. The van der Waals surface area contributed by atoms with E-state index in [9.17, 15) is 19.2 Å². The van der Waals surface area contributed by atoms with Crippen molar-refractivity contribution in [2.45, 2.75) is 38.0 Å². The molecular formula is C25H26N2O5. The Kier molecular flexibility index (Phi) is 6.19. The predicted octanol–water partition coefficient (Wildman–Crippen LogP) is 3.02. The van der Waals surface area contributed by atoms with Gasteiger partial charge < -0.3 is 10.1 Å². The van der Waals surface area contributed by atoms with Crippen LogP contribution in [0, 0.1) is 0 Å². The monoisotopic (exact) mass is 434 g/mol. The number of benzene rings is 2. The molecule has 0 bridgehead atoms. The maximum Gasteiger partial charge on any atom is 0.304 e. The van der Waals surface area contributed by atoms with Crippen LogP contribution < -0.4 is 10.2 Å². The van der Waals surface area contributed by atoms with Gasteiger partial charge in [-0.05, 0) is 49.7 Å². The lowest BCUT2D eigenvalue weighted by molar-refractivity contribution is -0.141. The Morgan fingerprint density at radius 2 is 1.62 bits per heavy atom. The molecule has 2 aliphatic heterocycles. The predicted molar refractivity (Wildman–Crippen MR) is 119 cm³/mol. The van der Waals surface area contributed by atoms with Crippen molar-refractivity contribution in [2.24, 2.45) is 0 Å². The zero-order valence-corrected chi connectivity index (χ0v) is 18.1. The Morgan fingerprint density at radius 3 is 2.28 bits per heavy atom. The van der Waals surface area contributed by atoms with E-state index in [2.05, 4.69) is 5.32 Å². The highest BCUT2D eigenvalue weighted by Crippen LogP contribution is 2.47. The van der Waals surface area contributed by atoms with Gasteiger partial charge in [0, 0.05) is 30.9 Å². The van der Waals surface area contributed by atoms with Crippen LogP contribution in [0.4, 0.5) is 5.69 Å². The second kappa shape index (κ2) is 9.04. The minimum Gasteiger partial charge on any atom is -0.444 e. The molecule has 166 valence electrons. The minimum absolute atomic E-state index is 0.0716. The highest BCUT2D eigenvalue weighted by atomic mass is 16.5. The normalized spacial score (nSPS) is 16.7. The average molecular weight is 434 g/mol. The molecular weight excluding hydrogens is 408 g/mol. The van der Waals surface area contributed by atoms with Crippen molar-refractivity contribution in [3.63, 3.8) is 0 Å². The number of ether oxygens (including phenoxy) is 1. The highest BCUT2D eigenvalue weighted by Gasteiger charge is 2.51. The van der Waals surface area contributed by atoms with Crippen molar-refractivity contribution in [1.29, 1.82) is 0 Å². The number of Topliss-reactive ketones (excluding diaryl/α,β-unsaturated/α-hetero) is 2. The largest absolute Gasteiger partial charge is 0.444 e. The van der Waals surface area contributed by atoms with E-state index in [4.69, 9.17) is 4.74 Å². The van der Waals surface area contributed by atoms with Crippen molar-refractivity contribution in [3.8, 4) is 0 Å². The molecule has 32 heavy (non-hydrogen) atoms. The van der Waals surface area contributed by atoms with Crippen LogP contribution in [0.1, 0.15) is 58.9 Å². The van der Waals surface area contributed by atoms with Gasteiger partial charge >= 0.3 is 5.97 Å². The number of amides is 1. The molecule has 1 fully saturated rings. The van der Waals surface area contributed by atoms with E-state index in [1.807, 2.05) is 6.07 Å². The molecule has 1 spiro atoms. The van der Waals surface area contributed by atoms with Gasteiger partial charge in [0.05, 0.1) is 11.1 Å². The molecule has 0 radical (unpaired) electrons. The van der Waals surface area contributed by atoms with Crippen LogP contribution in [-0.4, -0.2) is 43.3 Å². The summed E-state index contributed by atoms with van der Waals surface area (Å²) >= 11 is 0. The fourth-order valence-electron chi connectivity index (χ4n) is 4.57. The molecule has 2 aliphatic rings. The number of anilines is 1. The Morgan fingerprint density at radius 1 is 0.969 bits per heavy atom. The van der Waals surface area contributed by atoms with E-state index in [1.165, 1.54) is 11.8 Å². The third kappa shape index (κ3) is 4.08. The van der Waals surface area contributed by atoms with Gasteiger partial charge in [-0.3, -0.25) is 24.1 Å². The summed E-state index contributed by atoms with van der Waals surface area (Å²) in [6, 6.07) is 14.1. The number of hydrogen-bond acceptors (Lipinski definition) is 6. The number of fused-ring (bicyclic) bond motifs is 2. The molecule has 1 N–H and O–H groups in total. The van der Waals surface area contributed by atoms with Crippen LogP contribution in [0.5, 0.6) is 0 Å². The van der Waals surface area contributed by atoms with Crippen molar-refractivity contribution in [1.82, 2.24) is 5.32 Å². The van der Waals surface area contributed by atoms with Crippen molar-refractivity contribution in [3.05, 3.63) is 65.2 Å². The molecule has 7 nitrogen and oxygen atoms in total. The first-order valence-corrected chi connectivity index (χ1v) is 10.8.